The summed E-state index contributed by atoms with van der Waals surface area (Å²) < 4.78 is 10.9. The lowest BCUT2D eigenvalue weighted by Gasteiger charge is -2.17. The van der Waals surface area contributed by atoms with E-state index in [0.29, 0.717) is 35.2 Å². The number of ether oxygens (including phenoxy) is 1. The minimum atomic E-state index is -0.268. The third-order valence-corrected chi connectivity index (χ3v) is 3.49. The standard InChI is InChI=1S/C19H16N4O3/c1-23(13-17-6-3-9-25-17)19(24)22-15-4-2-5-16(10-15)26-18-8-7-14(11-20)12-21-18/h2-10,12H,13H2,1H3,(H,22,24). The molecule has 0 aliphatic rings. The van der Waals surface area contributed by atoms with Gasteiger partial charge in [0.05, 0.1) is 18.4 Å². The van der Waals surface area contributed by atoms with Crippen LogP contribution in [0.5, 0.6) is 11.6 Å². The van der Waals surface area contributed by atoms with E-state index in [-0.39, 0.29) is 6.03 Å². The number of rotatable bonds is 5. The van der Waals surface area contributed by atoms with Crippen LogP contribution in [0.4, 0.5) is 10.5 Å². The van der Waals surface area contributed by atoms with Crippen molar-refractivity contribution in [3.05, 3.63) is 72.3 Å². The fourth-order valence-electron chi connectivity index (χ4n) is 2.19. The average Bonchev–Trinajstić information content (AvgIpc) is 3.15. The first kappa shape index (κ1) is 17.0. The zero-order chi connectivity index (χ0) is 18.4. The molecule has 1 N–H and O–H groups in total. The van der Waals surface area contributed by atoms with Gasteiger partial charge in [-0.2, -0.15) is 5.26 Å². The summed E-state index contributed by atoms with van der Waals surface area (Å²) in [7, 11) is 1.68. The van der Waals surface area contributed by atoms with Crippen molar-refractivity contribution < 1.29 is 13.9 Å². The number of furan rings is 1. The molecule has 2 aromatic heterocycles. The van der Waals surface area contributed by atoms with Crippen molar-refractivity contribution >= 4 is 11.7 Å². The van der Waals surface area contributed by atoms with Crippen molar-refractivity contribution in [1.82, 2.24) is 9.88 Å². The van der Waals surface area contributed by atoms with E-state index in [4.69, 9.17) is 14.4 Å². The Morgan fingerprint density at radius 1 is 1.31 bits per heavy atom. The van der Waals surface area contributed by atoms with Gasteiger partial charge < -0.3 is 19.4 Å². The molecule has 2 amide bonds. The van der Waals surface area contributed by atoms with Gasteiger partial charge in [-0.25, -0.2) is 9.78 Å². The summed E-state index contributed by atoms with van der Waals surface area (Å²) in [5.41, 5.74) is 1.05. The Morgan fingerprint density at radius 3 is 2.88 bits per heavy atom. The minimum Gasteiger partial charge on any atom is -0.467 e. The predicted molar refractivity (Wildman–Crippen MR) is 94.7 cm³/mol. The lowest BCUT2D eigenvalue weighted by molar-refractivity contribution is 0.217. The van der Waals surface area contributed by atoms with Gasteiger partial charge in [0, 0.05) is 31.1 Å². The second-order valence-corrected chi connectivity index (χ2v) is 5.49. The van der Waals surface area contributed by atoms with Gasteiger partial charge in [-0.05, 0) is 30.3 Å². The molecule has 0 aliphatic carbocycles. The predicted octanol–water partition coefficient (Wildman–Crippen LogP) is 4.00. The molecule has 2 heterocycles. The van der Waals surface area contributed by atoms with Crippen LogP contribution in [0, 0.1) is 11.3 Å². The van der Waals surface area contributed by atoms with E-state index in [9.17, 15) is 4.79 Å². The molecule has 0 saturated carbocycles. The molecular formula is C19H16N4O3. The van der Waals surface area contributed by atoms with Gasteiger partial charge in [-0.15, -0.1) is 0 Å². The number of benzene rings is 1. The summed E-state index contributed by atoms with van der Waals surface area (Å²) in [6.45, 7) is 0.365. The van der Waals surface area contributed by atoms with Gasteiger partial charge >= 0.3 is 6.03 Å². The molecule has 0 atom stereocenters. The quantitative estimate of drug-likeness (QED) is 0.752. The van der Waals surface area contributed by atoms with Gasteiger partial charge in [-0.1, -0.05) is 6.07 Å². The van der Waals surface area contributed by atoms with Gasteiger partial charge in [0.25, 0.3) is 0 Å². The zero-order valence-electron chi connectivity index (χ0n) is 14.0. The number of urea groups is 1. The van der Waals surface area contributed by atoms with Crippen molar-refractivity contribution in [2.75, 3.05) is 12.4 Å². The van der Waals surface area contributed by atoms with Gasteiger partial charge in [0.1, 0.15) is 17.6 Å². The van der Waals surface area contributed by atoms with E-state index in [0.717, 1.165) is 0 Å². The average molecular weight is 348 g/mol. The summed E-state index contributed by atoms with van der Waals surface area (Å²) in [6, 6.07) is 15.5. The Morgan fingerprint density at radius 2 is 2.19 bits per heavy atom. The number of nitrogens with one attached hydrogen (secondary N) is 1. The number of pyridine rings is 1. The number of anilines is 1. The third-order valence-electron chi connectivity index (χ3n) is 3.49. The summed E-state index contributed by atoms with van der Waals surface area (Å²) in [6.07, 6.45) is 3.00. The van der Waals surface area contributed by atoms with Crippen molar-refractivity contribution in [1.29, 1.82) is 5.26 Å². The molecule has 0 fully saturated rings. The SMILES string of the molecule is CN(Cc1ccco1)C(=O)Nc1cccc(Oc2ccc(C#N)cn2)c1. The molecule has 0 bridgehead atoms. The van der Waals surface area contributed by atoms with Crippen molar-refractivity contribution in [2.24, 2.45) is 0 Å². The van der Waals surface area contributed by atoms with Crippen molar-refractivity contribution in [3.63, 3.8) is 0 Å². The second-order valence-electron chi connectivity index (χ2n) is 5.49. The highest BCUT2D eigenvalue weighted by Crippen LogP contribution is 2.23. The Hall–Kier alpha value is -3.79. The molecule has 3 rings (SSSR count). The molecule has 3 aromatic rings. The van der Waals surface area contributed by atoms with Crippen molar-refractivity contribution in [3.8, 4) is 17.7 Å². The summed E-state index contributed by atoms with van der Waals surface area (Å²) in [4.78, 5) is 17.8. The number of aromatic nitrogens is 1. The lowest BCUT2D eigenvalue weighted by atomic mass is 10.3. The van der Waals surface area contributed by atoms with Gasteiger partial charge in [0.2, 0.25) is 5.88 Å². The van der Waals surface area contributed by atoms with Crippen LogP contribution in [0.3, 0.4) is 0 Å². The molecular weight excluding hydrogens is 332 g/mol. The number of hydrogen-bond acceptors (Lipinski definition) is 5. The molecule has 1 aromatic carbocycles. The van der Waals surface area contributed by atoms with Crippen LogP contribution in [0.25, 0.3) is 0 Å². The van der Waals surface area contributed by atoms with Crippen LogP contribution in [-0.2, 0) is 6.54 Å². The molecule has 0 aliphatic heterocycles. The molecule has 0 spiro atoms. The van der Waals surface area contributed by atoms with Crippen molar-refractivity contribution in [2.45, 2.75) is 6.54 Å². The highest BCUT2D eigenvalue weighted by Gasteiger charge is 2.11. The first-order chi connectivity index (χ1) is 12.6. The summed E-state index contributed by atoms with van der Waals surface area (Å²) in [5.74, 6) is 1.59. The topological polar surface area (TPSA) is 91.4 Å². The maximum absolute atomic E-state index is 12.3. The highest BCUT2D eigenvalue weighted by atomic mass is 16.5. The van der Waals surface area contributed by atoms with Crippen LogP contribution >= 0.6 is 0 Å². The Kier molecular flexibility index (Phi) is 5.15. The molecule has 130 valence electrons. The lowest BCUT2D eigenvalue weighted by Crippen LogP contribution is -2.30. The second kappa shape index (κ2) is 7.85. The number of nitriles is 1. The van der Waals surface area contributed by atoms with Gasteiger partial charge in [-0.3, -0.25) is 0 Å². The fraction of sp³-hybridized carbons (Fsp3) is 0.105. The van der Waals surface area contributed by atoms with Crippen LogP contribution in [-0.4, -0.2) is 23.0 Å². The number of amides is 2. The Bertz CT molecular complexity index is 915. The third kappa shape index (κ3) is 4.39. The van der Waals surface area contributed by atoms with Crippen LogP contribution in [0.15, 0.2) is 65.4 Å². The Balaban J connectivity index is 1.63. The molecule has 26 heavy (non-hydrogen) atoms. The largest absolute Gasteiger partial charge is 0.467 e. The van der Waals surface area contributed by atoms with E-state index < -0.39 is 0 Å². The van der Waals surface area contributed by atoms with Crippen LogP contribution < -0.4 is 10.1 Å². The van der Waals surface area contributed by atoms with Crippen LogP contribution in [0.1, 0.15) is 11.3 Å². The maximum atomic E-state index is 12.3. The number of carbonyl (C=O) groups excluding carboxylic acids is 1. The first-order valence-electron chi connectivity index (χ1n) is 7.82. The molecule has 0 saturated heterocycles. The maximum Gasteiger partial charge on any atom is 0.321 e. The van der Waals surface area contributed by atoms with Gasteiger partial charge in [0.15, 0.2) is 0 Å². The van der Waals surface area contributed by atoms with E-state index in [1.165, 1.54) is 11.1 Å². The smallest absolute Gasteiger partial charge is 0.321 e. The molecule has 7 heteroatoms. The first-order valence-corrected chi connectivity index (χ1v) is 7.82. The normalized spacial score (nSPS) is 10.0. The van der Waals surface area contributed by atoms with E-state index in [1.54, 1.807) is 55.8 Å². The molecule has 0 radical (unpaired) electrons. The minimum absolute atomic E-state index is 0.268. The number of hydrogen-bond donors (Lipinski definition) is 1. The number of nitrogens with zero attached hydrogens (tertiary/aromatic N) is 3. The fourth-order valence-corrected chi connectivity index (χ4v) is 2.19. The molecule has 0 unspecified atom stereocenters. The summed E-state index contributed by atoms with van der Waals surface area (Å²) >= 11 is 0. The Labute approximate surface area is 150 Å². The van der Waals surface area contributed by atoms with E-state index >= 15 is 0 Å². The zero-order valence-corrected chi connectivity index (χ0v) is 14.0. The summed E-state index contributed by atoms with van der Waals surface area (Å²) in [5, 5.41) is 11.6. The molecule has 7 nitrogen and oxygen atoms in total. The number of carbonyl (C=O) groups is 1. The highest BCUT2D eigenvalue weighted by molar-refractivity contribution is 5.89. The van der Waals surface area contributed by atoms with E-state index in [2.05, 4.69) is 10.3 Å². The monoisotopic (exact) mass is 348 g/mol. The van der Waals surface area contributed by atoms with E-state index in [1.807, 2.05) is 12.1 Å². The van der Waals surface area contributed by atoms with Crippen LogP contribution in [0.2, 0.25) is 0 Å².